The lowest BCUT2D eigenvalue weighted by atomic mass is 10.3. The van der Waals surface area contributed by atoms with Crippen molar-refractivity contribution in [1.29, 1.82) is 0 Å². The lowest BCUT2D eigenvalue weighted by Gasteiger charge is -2.12. The Hall–Kier alpha value is -0.780. The monoisotopic (exact) mass is 306 g/mol. The number of hydrogen-bond acceptors (Lipinski definition) is 3. The molecule has 1 aromatic rings. The third-order valence-corrected chi connectivity index (χ3v) is 2.80. The topological polar surface area (TPSA) is 55.6 Å². The molecule has 6 heteroatoms. The Kier molecular flexibility index (Phi) is 4.58. The number of hydrogen-bond donors (Lipinski definition) is 1. The van der Waals surface area contributed by atoms with E-state index in [2.05, 4.69) is 15.9 Å². The highest BCUT2D eigenvalue weighted by molar-refractivity contribution is 9.10. The minimum atomic E-state index is -0.326. The Balaban J connectivity index is 0.00000128. The minimum Gasteiger partial charge on any atom is -0.443 e. The van der Waals surface area contributed by atoms with Crippen LogP contribution in [0, 0.1) is 0 Å². The summed E-state index contributed by atoms with van der Waals surface area (Å²) in [6.07, 6.45) is -0.520. The quantitative estimate of drug-likeness (QED) is 0.911. The van der Waals surface area contributed by atoms with Crippen molar-refractivity contribution in [3.8, 4) is 0 Å². The molecule has 0 spiro atoms. The van der Waals surface area contributed by atoms with Gasteiger partial charge < -0.3 is 10.5 Å². The van der Waals surface area contributed by atoms with E-state index >= 15 is 0 Å². The van der Waals surface area contributed by atoms with Gasteiger partial charge in [0.05, 0.1) is 6.54 Å². The van der Waals surface area contributed by atoms with Crippen LogP contribution in [-0.2, 0) is 4.74 Å². The summed E-state index contributed by atoms with van der Waals surface area (Å²) in [6.45, 7) is 0.885. The van der Waals surface area contributed by atoms with E-state index < -0.39 is 0 Å². The predicted molar refractivity (Wildman–Crippen MR) is 68.1 cm³/mol. The van der Waals surface area contributed by atoms with Crippen LogP contribution in [0.3, 0.4) is 0 Å². The lowest BCUT2D eigenvalue weighted by molar-refractivity contribution is 0.145. The fourth-order valence-electron chi connectivity index (χ4n) is 1.48. The Morgan fingerprint density at radius 1 is 1.44 bits per heavy atom. The van der Waals surface area contributed by atoms with Crippen LogP contribution in [0.4, 0.5) is 10.5 Å². The number of benzene rings is 1. The maximum atomic E-state index is 11.5. The van der Waals surface area contributed by atoms with Gasteiger partial charge in [0.15, 0.2) is 0 Å². The number of anilines is 1. The van der Waals surface area contributed by atoms with Crippen molar-refractivity contribution in [1.82, 2.24) is 0 Å². The number of amides is 1. The molecule has 0 aromatic heterocycles. The Morgan fingerprint density at radius 2 is 2.06 bits per heavy atom. The average molecular weight is 308 g/mol. The van der Waals surface area contributed by atoms with Crippen LogP contribution in [0.5, 0.6) is 0 Å². The zero-order valence-corrected chi connectivity index (χ0v) is 10.8. The van der Waals surface area contributed by atoms with Gasteiger partial charge in [-0.15, -0.1) is 12.4 Å². The molecule has 1 amide bonds. The zero-order chi connectivity index (χ0) is 10.8. The van der Waals surface area contributed by atoms with Crippen LogP contribution in [0.1, 0.15) is 0 Å². The third kappa shape index (κ3) is 2.66. The number of nitrogens with zero attached hydrogens (tertiary/aromatic N) is 1. The fourth-order valence-corrected chi connectivity index (χ4v) is 1.74. The second-order valence-electron chi connectivity index (χ2n) is 3.33. The van der Waals surface area contributed by atoms with E-state index in [-0.39, 0.29) is 24.6 Å². The smallest absolute Gasteiger partial charge is 0.414 e. The molecule has 0 bridgehead atoms. The fraction of sp³-hybridized carbons (Fsp3) is 0.300. The van der Waals surface area contributed by atoms with Crippen molar-refractivity contribution in [2.45, 2.75) is 6.10 Å². The van der Waals surface area contributed by atoms with Crippen molar-refractivity contribution >= 4 is 40.1 Å². The molecular weight excluding hydrogens is 295 g/mol. The summed E-state index contributed by atoms with van der Waals surface area (Å²) in [6, 6.07) is 7.51. The summed E-state index contributed by atoms with van der Waals surface area (Å²) >= 11 is 3.34. The number of rotatable bonds is 2. The summed E-state index contributed by atoms with van der Waals surface area (Å²) < 4.78 is 6.04. The number of carbonyl (C=O) groups is 1. The van der Waals surface area contributed by atoms with E-state index in [1.807, 2.05) is 24.3 Å². The summed E-state index contributed by atoms with van der Waals surface area (Å²) in [7, 11) is 0. The molecular formula is C10H12BrClN2O2. The second kappa shape index (κ2) is 5.52. The van der Waals surface area contributed by atoms with Crippen molar-refractivity contribution in [2.24, 2.45) is 5.73 Å². The van der Waals surface area contributed by atoms with Crippen molar-refractivity contribution < 1.29 is 9.53 Å². The summed E-state index contributed by atoms with van der Waals surface area (Å²) in [5.74, 6) is 0. The van der Waals surface area contributed by atoms with Crippen LogP contribution in [0.15, 0.2) is 28.7 Å². The molecule has 16 heavy (non-hydrogen) atoms. The number of nitrogens with two attached hydrogens (primary N) is 1. The Morgan fingerprint density at radius 3 is 2.56 bits per heavy atom. The van der Waals surface area contributed by atoms with Gasteiger partial charge in [0.25, 0.3) is 0 Å². The lowest BCUT2D eigenvalue weighted by Crippen LogP contribution is -2.27. The molecule has 0 aliphatic carbocycles. The first-order valence-electron chi connectivity index (χ1n) is 4.64. The predicted octanol–water partition coefficient (Wildman–Crippen LogP) is 2.15. The van der Waals surface area contributed by atoms with Gasteiger partial charge in [-0.2, -0.15) is 0 Å². The van der Waals surface area contributed by atoms with Gasteiger partial charge in [0.2, 0.25) is 0 Å². The van der Waals surface area contributed by atoms with Crippen molar-refractivity contribution in [3.63, 3.8) is 0 Å². The molecule has 0 saturated carbocycles. The molecule has 88 valence electrons. The van der Waals surface area contributed by atoms with E-state index in [0.29, 0.717) is 13.1 Å². The number of halogens is 2. The van der Waals surface area contributed by atoms with Gasteiger partial charge in [-0.1, -0.05) is 15.9 Å². The van der Waals surface area contributed by atoms with Crippen LogP contribution >= 0.6 is 28.3 Å². The van der Waals surface area contributed by atoms with Gasteiger partial charge in [0.1, 0.15) is 6.10 Å². The summed E-state index contributed by atoms with van der Waals surface area (Å²) in [5, 5.41) is 0. The van der Waals surface area contributed by atoms with Gasteiger partial charge in [-0.25, -0.2) is 4.79 Å². The van der Waals surface area contributed by atoms with E-state index in [9.17, 15) is 4.79 Å². The highest BCUT2D eigenvalue weighted by Crippen LogP contribution is 2.23. The second-order valence-corrected chi connectivity index (χ2v) is 4.24. The number of ether oxygens (including phenoxy) is 1. The largest absolute Gasteiger partial charge is 0.443 e. The number of cyclic esters (lactones) is 1. The molecule has 1 atom stereocenters. The van der Waals surface area contributed by atoms with Gasteiger partial charge in [-0.05, 0) is 24.3 Å². The average Bonchev–Trinajstić information content (AvgIpc) is 2.61. The molecule has 0 radical (unpaired) electrons. The highest BCUT2D eigenvalue weighted by atomic mass is 79.9. The van der Waals surface area contributed by atoms with Crippen LogP contribution in [0.25, 0.3) is 0 Å². The highest BCUT2D eigenvalue weighted by Gasteiger charge is 2.31. The molecule has 1 fully saturated rings. The third-order valence-electron chi connectivity index (χ3n) is 2.28. The minimum absolute atomic E-state index is 0. The summed E-state index contributed by atoms with van der Waals surface area (Å²) in [4.78, 5) is 13.1. The maximum Gasteiger partial charge on any atom is 0.414 e. The van der Waals surface area contributed by atoms with Gasteiger partial charge in [-0.3, -0.25) is 4.90 Å². The Bertz CT molecular complexity index is 372. The van der Waals surface area contributed by atoms with E-state index in [1.165, 1.54) is 0 Å². The van der Waals surface area contributed by atoms with Crippen molar-refractivity contribution in [2.75, 3.05) is 18.0 Å². The molecule has 1 heterocycles. The van der Waals surface area contributed by atoms with Gasteiger partial charge >= 0.3 is 6.09 Å². The Labute approximate surface area is 108 Å². The molecule has 1 saturated heterocycles. The molecule has 2 rings (SSSR count). The first-order valence-corrected chi connectivity index (χ1v) is 5.44. The summed E-state index contributed by atoms with van der Waals surface area (Å²) in [5.41, 5.74) is 6.28. The van der Waals surface area contributed by atoms with E-state index in [0.717, 1.165) is 10.2 Å². The van der Waals surface area contributed by atoms with Crippen molar-refractivity contribution in [3.05, 3.63) is 28.7 Å². The molecule has 2 N–H and O–H groups in total. The molecule has 1 aliphatic heterocycles. The molecule has 4 nitrogen and oxygen atoms in total. The standard InChI is InChI=1S/C10H11BrN2O2.ClH/c11-7-1-3-8(4-2-7)13-6-9(5-12)15-10(13)14;/h1-4,9H,5-6,12H2;1H. The SMILES string of the molecule is Cl.NCC1CN(c2ccc(Br)cc2)C(=O)O1. The molecule has 1 aromatic carbocycles. The zero-order valence-electron chi connectivity index (χ0n) is 8.43. The van der Waals surface area contributed by atoms with E-state index in [1.54, 1.807) is 4.90 Å². The van der Waals surface area contributed by atoms with Crippen LogP contribution in [-0.4, -0.2) is 25.3 Å². The first-order chi connectivity index (χ1) is 7.20. The molecule has 1 unspecified atom stereocenters. The van der Waals surface area contributed by atoms with Gasteiger partial charge in [0, 0.05) is 16.7 Å². The van der Waals surface area contributed by atoms with Crippen LogP contribution < -0.4 is 10.6 Å². The van der Waals surface area contributed by atoms with E-state index in [4.69, 9.17) is 10.5 Å². The van der Waals surface area contributed by atoms with Crippen LogP contribution in [0.2, 0.25) is 0 Å². The normalized spacial score (nSPS) is 19.2. The first kappa shape index (κ1) is 13.3. The maximum absolute atomic E-state index is 11.5. The number of carbonyl (C=O) groups excluding carboxylic acids is 1. The molecule has 1 aliphatic rings.